The van der Waals surface area contributed by atoms with Crippen molar-refractivity contribution in [2.45, 2.75) is 316 Å². The van der Waals surface area contributed by atoms with Crippen LogP contribution in [0.4, 0.5) is 0 Å². The lowest BCUT2D eigenvalue weighted by molar-refractivity contribution is -0.161. The van der Waals surface area contributed by atoms with Crippen molar-refractivity contribution in [3.63, 3.8) is 0 Å². The van der Waals surface area contributed by atoms with Gasteiger partial charge in [-0.15, -0.1) is 0 Å². The lowest BCUT2D eigenvalue weighted by Crippen LogP contribution is -2.30. The second-order valence-corrected chi connectivity index (χ2v) is 29.8. The summed E-state index contributed by atoms with van der Waals surface area (Å²) in [7, 11) is -10.0. The molecule has 5 unspecified atom stereocenters. The van der Waals surface area contributed by atoms with Crippen molar-refractivity contribution in [1.82, 2.24) is 0 Å². The predicted molar refractivity (Wildman–Crippen MR) is 454 cm³/mol. The number of carbonyl (C=O) groups excluding carboxylic acids is 4. The Balaban J connectivity index is 5.50. The van der Waals surface area contributed by atoms with Gasteiger partial charge in [0.15, 0.2) is 12.2 Å². The molecule has 0 saturated carbocycles. The zero-order valence-corrected chi connectivity index (χ0v) is 69.9. The van der Waals surface area contributed by atoms with Gasteiger partial charge in [0, 0.05) is 25.7 Å². The molecule has 0 aliphatic heterocycles. The molecule has 622 valence electrons. The third-order valence-corrected chi connectivity index (χ3v) is 18.4. The van der Waals surface area contributed by atoms with E-state index in [2.05, 4.69) is 204 Å². The highest BCUT2D eigenvalue weighted by Gasteiger charge is 2.30. The molecule has 0 fully saturated rings. The zero-order valence-electron chi connectivity index (χ0n) is 68.1. The molecular weight excluding hydrogens is 1430 g/mol. The first-order valence-electron chi connectivity index (χ1n) is 41.7. The number of phosphoric ester groups is 2. The first-order chi connectivity index (χ1) is 53.7. The van der Waals surface area contributed by atoms with E-state index in [0.717, 1.165) is 193 Å². The standard InChI is InChI=1S/C91H146O17P2/c1-5-9-13-17-21-25-29-33-37-40-42-45-48-51-55-59-63-67-71-75-88(93)101-81-86(107-90(95)77-73-69-65-61-57-53-47-36-32-28-24-20-16-12-8-4)83-105-109(97,98)103-79-85(92)80-104-110(99,100)106-84-87(108-91(96)78-74-70-66-62-58-54-50-44-39-35-31-27-23-19-15-11-7-3)82-102-89(94)76-72-68-64-60-56-52-49-46-43-41-38-34-30-26-22-18-14-10-6-2/h9,11-13,15-16,21-28,33-39,42-43,45-47,50-51,54-55,63,67,85-87,92H,5-8,10,14,17-20,29-32,40-41,44,48-49,52-53,56-62,64-66,68-84H2,1-4H3,(H,97,98)(H,99,100)/b13-9-,15-11-,16-12-,25-21-,26-22-,27-23-,28-24-,37-33-,38-34-,39-35-,45-42-,46-43-,47-36-,54-50-,55-51-,67-63-. The highest BCUT2D eigenvalue weighted by molar-refractivity contribution is 7.47. The molecule has 0 aliphatic rings. The Morgan fingerprint density at radius 3 is 0.782 bits per heavy atom. The molecule has 5 atom stereocenters. The maximum atomic E-state index is 13.1. The van der Waals surface area contributed by atoms with Gasteiger partial charge in [-0.25, -0.2) is 9.13 Å². The Morgan fingerprint density at radius 2 is 0.491 bits per heavy atom. The Morgan fingerprint density at radius 1 is 0.264 bits per heavy atom. The predicted octanol–water partition coefficient (Wildman–Crippen LogP) is 24.9. The number of phosphoric acid groups is 2. The number of aliphatic hydroxyl groups excluding tert-OH is 1. The zero-order chi connectivity index (χ0) is 80.3. The molecule has 19 heteroatoms. The van der Waals surface area contributed by atoms with Gasteiger partial charge in [-0.2, -0.15) is 0 Å². The van der Waals surface area contributed by atoms with E-state index >= 15 is 0 Å². The lowest BCUT2D eigenvalue weighted by atomic mass is 10.1. The van der Waals surface area contributed by atoms with Crippen LogP contribution in [-0.4, -0.2) is 96.7 Å². The molecule has 0 rings (SSSR count). The minimum atomic E-state index is -5.01. The second kappa shape index (κ2) is 80.9. The van der Waals surface area contributed by atoms with Gasteiger partial charge < -0.3 is 33.8 Å². The van der Waals surface area contributed by atoms with Crippen LogP contribution < -0.4 is 0 Å². The quantitative estimate of drug-likeness (QED) is 0.0169. The van der Waals surface area contributed by atoms with Crippen LogP contribution in [0.5, 0.6) is 0 Å². The molecule has 0 radical (unpaired) electrons. The van der Waals surface area contributed by atoms with Crippen LogP contribution in [0, 0.1) is 0 Å². The molecule has 0 aromatic heterocycles. The van der Waals surface area contributed by atoms with Gasteiger partial charge in [0.05, 0.1) is 26.4 Å². The van der Waals surface area contributed by atoms with Crippen molar-refractivity contribution in [2.24, 2.45) is 0 Å². The SMILES string of the molecule is CC/C=C\C/C=C\C/C=C\C/C=C\C/C=C\C/C=C\CCC(=O)OCC(COP(=O)(O)OCC(O)COP(=O)(O)OCC(COC(=O)CCCCCCCC/C=C\C/C=C\C/C=C\CCCCC)OC(=O)CCCCCC/C=C\C/C=C\C/C=C\C/C=C\CC)OC(=O)CCCCCCC/C=C\C/C=C\C/C=C\CC. The summed E-state index contributed by atoms with van der Waals surface area (Å²) in [5.74, 6) is -2.35. The van der Waals surface area contributed by atoms with Gasteiger partial charge in [-0.3, -0.25) is 37.3 Å². The molecule has 0 saturated heterocycles. The second-order valence-electron chi connectivity index (χ2n) is 26.9. The summed E-state index contributed by atoms with van der Waals surface area (Å²) in [6.45, 7) is 4.35. The van der Waals surface area contributed by atoms with Gasteiger partial charge in [-0.1, -0.05) is 293 Å². The molecule has 110 heavy (non-hydrogen) atoms. The Kier molecular flexibility index (Phi) is 76.4. The summed E-state index contributed by atoms with van der Waals surface area (Å²) in [6.07, 6.45) is 99.8. The number of allylic oxidation sites excluding steroid dienone is 32. The summed E-state index contributed by atoms with van der Waals surface area (Å²) in [6, 6.07) is 0. The Hall–Kier alpha value is -6.10. The fourth-order valence-corrected chi connectivity index (χ4v) is 11.9. The van der Waals surface area contributed by atoms with Gasteiger partial charge in [0.2, 0.25) is 0 Å². The first kappa shape index (κ1) is 104. The number of hydrogen-bond donors (Lipinski definition) is 3. The van der Waals surface area contributed by atoms with Crippen LogP contribution >= 0.6 is 15.6 Å². The molecule has 0 aliphatic carbocycles. The summed E-state index contributed by atoms with van der Waals surface area (Å²) < 4.78 is 68.6. The number of unbranched alkanes of at least 4 members (excludes halogenated alkanes) is 18. The van der Waals surface area contributed by atoms with Gasteiger partial charge in [0.1, 0.15) is 19.3 Å². The lowest BCUT2D eigenvalue weighted by Gasteiger charge is -2.21. The summed E-state index contributed by atoms with van der Waals surface area (Å²) >= 11 is 0. The number of rotatable bonds is 76. The van der Waals surface area contributed by atoms with E-state index < -0.39 is 97.5 Å². The highest BCUT2D eigenvalue weighted by atomic mass is 31.2. The van der Waals surface area contributed by atoms with E-state index in [1.165, 1.54) is 19.3 Å². The van der Waals surface area contributed by atoms with Crippen LogP contribution in [0.15, 0.2) is 194 Å². The van der Waals surface area contributed by atoms with Crippen LogP contribution in [0.3, 0.4) is 0 Å². The first-order valence-corrected chi connectivity index (χ1v) is 44.7. The van der Waals surface area contributed by atoms with E-state index in [9.17, 15) is 43.2 Å². The molecule has 17 nitrogen and oxygen atoms in total. The Labute approximate surface area is 666 Å². The Bertz CT molecular complexity index is 2850. The summed E-state index contributed by atoms with van der Waals surface area (Å²) in [5.41, 5.74) is 0. The van der Waals surface area contributed by atoms with Crippen molar-refractivity contribution in [2.75, 3.05) is 39.6 Å². The largest absolute Gasteiger partial charge is 0.472 e. The molecule has 0 bridgehead atoms. The topological polar surface area (TPSA) is 237 Å². The normalized spacial score (nSPS) is 14.8. The maximum Gasteiger partial charge on any atom is 0.472 e. The van der Waals surface area contributed by atoms with E-state index in [-0.39, 0.29) is 25.7 Å². The smallest absolute Gasteiger partial charge is 0.462 e. The number of aliphatic hydroxyl groups is 1. The van der Waals surface area contributed by atoms with E-state index in [1.807, 2.05) is 18.2 Å². The monoisotopic (exact) mass is 1570 g/mol. The van der Waals surface area contributed by atoms with E-state index in [4.69, 9.17) is 37.0 Å². The molecule has 0 heterocycles. The van der Waals surface area contributed by atoms with Crippen LogP contribution in [0.25, 0.3) is 0 Å². The van der Waals surface area contributed by atoms with Crippen molar-refractivity contribution in [1.29, 1.82) is 0 Å². The van der Waals surface area contributed by atoms with Gasteiger partial charge in [-0.05, 0) is 173 Å². The number of ether oxygens (including phenoxy) is 4. The van der Waals surface area contributed by atoms with Crippen LogP contribution in [0.1, 0.15) is 297 Å². The van der Waals surface area contributed by atoms with E-state index in [1.54, 1.807) is 0 Å². The average molecular weight is 1570 g/mol. The molecule has 0 aromatic carbocycles. The minimum Gasteiger partial charge on any atom is -0.462 e. The minimum absolute atomic E-state index is 0.0242. The molecule has 0 amide bonds. The highest BCUT2D eigenvalue weighted by Crippen LogP contribution is 2.45. The third kappa shape index (κ3) is 80.0. The van der Waals surface area contributed by atoms with Gasteiger partial charge in [0.25, 0.3) is 0 Å². The van der Waals surface area contributed by atoms with E-state index in [0.29, 0.717) is 32.1 Å². The molecular formula is C91H146O17P2. The fourth-order valence-electron chi connectivity index (χ4n) is 10.3. The molecule has 0 aromatic rings. The van der Waals surface area contributed by atoms with Crippen molar-refractivity contribution >= 4 is 39.5 Å². The van der Waals surface area contributed by atoms with Crippen molar-refractivity contribution in [3.05, 3.63) is 194 Å². The number of carbonyl (C=O) groups is 4. The third-order valence-electron chi connectivity index (χ3n) is 16.5. The maximum absolute atomic E-state index is 13.1. The molecule has 0 spiro atoms. The van der Waals surface area contributed by atoms with Crippen LogP contribution in [0.2, 0.25) is 0 Å². The van der Waals surface area contributed by atoms with Gasteiger partial charge >= 0.3 is 39.5 Å². The summed E-state index contributed by atoms with van der Waals surface area (Å²) in [5, 5.41) is 10.7. The van der Waals surface area contributed by atoms with Crippen LogP contribution in [-0.2, 0) is 65.4 Å². The number of hydrogen-bond acceptors (Lipinski definition) is 15. The average Bonchev–Trinajstić information content (AvgIpc) is 0.899. The fraction of sp³-hybridized carbons (Fsp3) is 0.604. The van der Waals surface area contributed by atoms with Crippen molar-refractivity contribution in [3.8, 4) is 0 Å². The number of esters is 4. The van der Waals surface area contributed by atoms with Crippen molar-refractivity contribution < 1.29 is 80.2 Å². The summed E-state index contributed by atoms with van der Waals surface area (Å²) in [4.78, 5) is 73.2. The molecule has 3 N–H and O–H groups in total.